The molecule has 0 aromatic heterocycles. The molecule has 1 aliphatic rings. The Kier molecular flexibility index (Phi) is 9.21. The minimum absolute atomic E-state index is 0. The van der Waals surface area contributed by atoms with Crippen LogP contribution in [0, 0.1) is 5.92 Å². The molecule has 5 heteroatoms. The van der Waals surface area contributed by atoms with Gasteiger partial charge in [0.1, 0.15) is 5.75 Å². The average Bonchev–Trinajstić information content (AvgIpc) is 3.31. The second-order valence-electron chi connectivity index (χ2n) is 5.19. The Morgan fingerprint density at radius 3 is 2.62 bits per heavy atom. The van der Waals surface area contributed by atoms with Crippen molar-refractivity contribution in [1.82, 2.24) is 10.6 Å². The number of benzene rings is 1. The van der Waals surface area contributed by atoms with Crippen LogP contribution in [0.1, 0.15) is 25.7 Å². The highest BCUT2D eigenvalue weighted by molar-refractivity contribution is 14.0. The number of rotatable bonds is 8. The first-order chi connectivity index (χ1) is 9.88. The summed E-state index contributed by atoms with van der Waals surface area (Å²) in [6.07, 6.45) is 4.85. The van der Waals surface area contributed by atoms with Crippen molar-refractivity contribution < 1.29 is 4.74 Å². The zero-order valence-electron chi connectivity index (χ0n) is 12.7. The van der Waals surface area contributed by atoms with Crippen LogP contribution in [0.4, 0.5) is 0 Å². The highest BCUT2D eigenvalue weighted by Crippen LogP contribution is 2.27. The van der Waals surface area contributed by atoms with Gasteiger partial charge in [-0.15, -0.1) is 24.0 Å². The SMILES string of the molecule is CN=C(NCCCCOc1ccccc1)NCC1CC1.I. The molecule has 1 aliphatic carbocycles. The largest absolute Gasteiger partial charge is 0.494 e. The zero-order chi connectivity index (χ0) is 14.0. The van der Waals surface area contributed by atoms with Crippen molar-refractivity contribution in [1.29, 1.82) is 0 Å². The van der Waals surface area contributed by atoms with E-state index in [-0.39, 0.29) is 24.0 Å². The number of hydrogen-bond donors (Lipinski definition) is 2. The number of ether oxygens (including phenoxy) is 1. The molecular formula is C16H26IN3O. The topological polar surface area (TPSA) is 45.7 Å². The van der Waals surface area contributed by atoms with Crippen molar-refractivity contribution in [3.05, 3.63) is 30.3 Å². The number of nitrogens with zero attached hydrogens (tertiary/aromatic N) is 1. The molecule has 1 aromatic rings. The fourth-order valence-electron chi connectivity index (χ4n) is 1.92. The summed E-state index contributed by atoms with van der Waals surface area (Å²) < 4.78 is 5.65. The van der Waals surface area contributed by atoms with Gasteiger partial charge in [0.25, 0.3) is 0 Å². The van der Waals surface area contributed by atoms with E-state index >= 15 is 0 Å². The Morgan fingerprint density at radius 1 is 1.19 bits per heavy atom. The molecule has 0 radical (unpaired) electrons. The van der Waals surface area contributed by atoms with Gasteiger partial charge in [-0.3, -0.25) is 4.99 Å². The van der Waals surface area contributed by atoms with Gasteiger partial charge in [0, 0.05) is 20.1 Å². The van der Waals surface area contributed by atoms with Gasteiger partial charge in [-0.25, -0.2) is 0 Å². The summed E-state index contributed by atoms with van der Waals surface area (Å²) in [5.41, 5.74) is 0. The van der Waals surface area contributed by atoms with Crippen LogP contribution in [0.2, 0.25) is 0 Å². The minimum atomic E-state index is 0. The maximum atomic E-state index is 5.65. The van der Waals surface area contributed by atoms with Crippen LogP contribution in [0.15, 0.2) is 35.3 Å². The number of para-hydroxylation sites is 1. The standard InChI is InChI=1S/C16H25N3O.HI/c1-17-16(19-13-14-9-10-14)18-11-5-6-12-20-15-7-3-2-4-8-15;/h2-4,7-8,14H,5-6,9-13H2,1H3,(H2,17,18,19);1H. The molecule has 1 fully saturated rings. The molecule has 118 valence electrons. The van der Waals surface area contributed by atoms with Gasteiger partial charge in [-0.2, -0.15) is 0 Å². The molecule has 0 heterocycles. The third kappa shape index (κ3) is 8.14. The van der Waals surface area contributed by atoms with E-state index in [1.165, 1.54) is 12.8 Å². The van der Waals surface area contributed by atoms with Crippen LogP contribution in [0.3, 0.4) is 0 Å². The zero-order valence-corrected chi connectivity index (χ0v) is 15.0. The van der Waals surface area contributed by atoms with Gasteiger partial charge in [0.05, 0.1) is 6.61 Å². The third-order valence-electron chi connectivity index (χ3n) is 3.35. The van der Waals surface area contributed by atoms with Gasteiger partial charge in [0.2, 0.25) is 0 Å². The lowest BCUT2D eigenvalue weighted by molar-refractivity contribution is 0.307. The highest BCUT2D eigenvalue weighted by Gasteiger charge is 2.20. The molecule has 2 N–H and O–H groups in total. The molecular weight excluding hydrogens is 377 g/mol. The van der Waals surface area contributed by atoms with E-state index in [4.69, 9.17) is 4.74 Å². The van der Waals surface area contributed by atoms with E-state index in [1.54, 1.807) is 0 Å². The number of hydrogen-bond acceptors (Lipinski definition) is 2. The van der Waals surface area contributed by atoms with Crippen molar-refractivity contribution >= 4 is 29.9 Å². The summed E-state index contributed by atoms with van der Waals surface area (Å²) in [5, 5.41) is 6.69. The second kappa shape index (κ2) is 10.7. The molecule has 0 unspecified atom stereocenters. The first-order valence-electron chi connectivity index (χ1n) is 7.51. The number of nitrogens with one attached hydrogen (secondary N) is 2. The van der Waals surface area contributed by atoms with Crippen molar-refractivity contribution in [2.45, 2.75) is 25.7 Å². The Balaban J connectivity index is 0.00000220. The molecule has 0 aliphatic heterocycles. The lowest BCUT2D eigenvalue weighted by Gasteiger charge is -2.11. The molecule has 0 atom stereocenters. The Labute approximate surface area is 144 Å². The maximum Gasteiger partial charge on any atom is 0.190 e. The summed E-state index contributed by atoms with van der Waals surface area (Å²) in [4.78, 5) is 4.22. The first-order valence-corrected chi connectivity index (χ1v) is 7.51. The number of halogens is 1. The average molecular weight is 403 g/mol. The fraction of sp³-hybridized carbons (Fsp3) is 0.562. The molecule has 1 aromatic carbocycles. The summed E-state index contributed by atoms with van der Waals surface area (Å²) in [5.74, 6) is 2.73. The van der Waals surface area contributed by atoms with Gasteiger partial charge in [-0.1, -0.05) is 18.2 Å². The molecule has 1 saturated carbocycles. The Morgan fingerprint density at radius 2 is 1.95 bits per heavy atom. The lowest BCUT2D eigenvalue weighted by Crippen LogP contribution is -2.38. The molecule has 2 rings (SSSR count). The van der Waals surface area contributed by atoms with Crippen LogP contribution < -0.4 is 15.4 Å². The first kappa shape index (κ1) is 18.1. The van der Waals surface area contributed by atoms with Crippen LogP contribution in [-0.2, 0) is 0 Å². The number of guanidine groups is 1. The van der Waals surface area contributed by atoms with E-state index in [0.29, 0.717) is 0 Å². The summed E-state index contributed by atoms with van der Waals surface area (Å²) in [7, 11) is 1.82. The van der Waals surface area contributed by atoms with Crippen LogP contribution in [-0.4, -0.2) is 32.7 Å². The van der Waals surface area contributed by atoms with Crippen molar-refractivity contribution in [3.63, 3.8) is 0 Å². The predicted octanol–water partition coefficient (Wildman–Crippen LogP) is 3.04. The molecule has 0 bridgehead atoms. The third-order valence-corrected chi connectivity index (χ3v) is 3.35. The fourth-order valence-corrected chi connectivity index (χ4v) is 1.92. The van der Waals surface area contributed by atoms with Crippen LogP contribution in [0.25, 0.3) is 0 Å². The molecule has 0 spiro atoms. The molecule has 0 saturated heterocycles. The normalized spacial score (nSPS) is 14.2. The van der Waals surface area contributed by atoms with Crippen molar-refractivity contribution in [2.75, 3.05) is 26.7 Å². The number of aliphatic imine (C=N–C) groups is 1. The lowest BCUT2D eigenvalue weighted by atomic mass is 10.3. The molecule has 0 amide bonds. The monoisotopic (exact) mass is 403 g/mol. The second-order valence-corrected chi connectivity index (χ2v) is 5.19. The predicted molar refractivity (Wildman–Crippen MR) is 98.7 cm³/mol. The van der Waals surface area contributed by atoms with Gasteiger partial charge in [0.15, 0.2) is 5.96 Å². The van der Waals surface area contributed by atoms with Gasteiger partial charge < -0.3 is 15.4 Å². The molecule has 4 nitrogen and oxygen atoms in total. The van der Waals surface area contributed by atoms with E-state index in [0.717, 1.165) is 50.2 Å². The Hall–Kier alpha value is -0.980. The number of unbranched alkanes of at least 4 members (excludes halogenated alkanes) is 1. The Bertz CT molecular complexity index is 407. The summed E-state index contributed by atoms with van der Waals surface area (Å²) in [6.45, 7) is 2.75. The van der Waals surface area contributed by atoms with E-state index in [2.05, 4.69) is 15.6 Å². The molecule has 21 heavy (non-hydrogen) atoms. The smallest absolute Gasteiger partial charge is 0.190 e. The maximum absolute atomic E-state index is 5.65. The van der Waals surface area contributed by atoms with E-state index < -0.39 is 0 Å². The van der Waals surface area contributed by atoms with Gasteiger partial charge in [-0.05, 0) is 43.7 Å². The van der Waals surface area contributed by atoms with Gasteiger partial charge >= 0.3 is 0 Å². The van der Waals surface area contributed by atoms with E-state index in [9.17, 15) is 0 Å². The van der Waals surface area contributed by atoms with Crippen LogP contribution in [0.5, 0.6) is 5.75 Å². The van der Waals surface area contributed by atoms with Crippen molar-refractivity contribution in [3.8, 4) is 5.75 Å². The quantitative estimate of drug-likeness (QED) is 0.304. The van der Waals surface area contributed by atoms with E-state index in [1.807, 2.05) is 37.4 Å². The van der Waals surface area contributed by atoms with Crippen LogP contribution >= 0.6 is 24.0 Å². The minimum Gasteiger partial charge on any atom is -0.494 e. The highest BCUT2D eigenvalue weighted by atomic mass is 127. The summed E-state index contributed by atoms with van der Waals surface area (Å²) >= 11 is 0. The summed E-state index contributed by atoms with van der Waals surface area (Å²) in [6, 6.07) is 9.96. The van der Waals surface area contributed by atoms with Crippen molar-refractivity contribution in [2.24, 2.45) is 10.9 Å².